The average molecular weight is 172 g/mol. The van der Waals surface area contributed by atoms with Crippen LogP contribution >= 0.6 is 0 Å². The summed E-state index contributed by atoms with van der Waals surface area (Å²) in [6.45, 7) is 1.99. The summed E-state index contributed by atoms with van der Waals surface area (Å²) < 4.78 is 0. The van der Waals surface area contributed by atoms with E-state index in [0.717, 1.165) is 24.0 Å². The lowest BCUT2D eigenvalue weighted by Crippen LogP contribution is -2.07. The molecule has 13 heavy (non-hydrogen) atoms. The van der Waals surface area contributed by atoms with E-state index in [-0.39, 0.29) is 6.04 Å². The van der Waals surface area contributed by atoms with E-state index < -0.39 is 0 Å². The van der Waals surface area contributed by atoms with Gasteiger partial charge in [-0.15, -0.1) is 0 Å². The van der Waals surface area contributed by atoms with Crippen molar-refractivity contribution < 1.29 is 0 Å². The largest absolute Gasteiger partial charge is 0.324 e. The van der Waals surface area contributed by atoms with Gasteiger partial charge in [-0.3, -0.25) is 0 Å². The fourth-order valence-electron chi connectivity index (χ4n) is 2.10. The van der Waals surface area contributed by atoms with Crippen molar-refractivity contribution in [3.8, 4) is 6.07 Å². The zero-order valence-corrected chi connectivity index (χ0v) is 7.67. The smallest absolute Gasteiger partial charge is 0.0994 e. The fraction of sp³-hybridized carbons (Fsp3) is 0.364. The maximum atomic E-state index is 8.85. The van der Waals surface area contributed by atoms with Crippen molar-refractivity contribution in [3.05, 3.63) is 34.4 Å². The van der Waals surface area contributed by atoms with Gasteiger partial charge in [-0.2, -0.15) is 5.26 Å². The van der Waals surface area contributed by atoms with Crippen molar-refractivity contribution in [1.82, 2.24) is 0 Å². The molecule has 1 aliphatic rings. The Morgan fingerprint density at radius 1 is 1.54 bits per heavy atom. The van der Waals surface area contributed by atoms with Crippen LogP contribution in [0, 0.1) is 18.3 Å². The second-order valence-electron chi connectivity index (χ2n) is 3.57. The highest BCUT2D eigenvalue weighted by Gasteiger charge is 2.21. The first kappa shape index (κ1) is 8.28. The Balaban J connectivity index is 2.65. The minimum Gasteiger partial charge on any atom is -0.324 e. The van der Waals surface area contributed by atoms with Crippen LogP contribution in [-0.4, -0.2) is 0 Å². The molecular formula is C11H12N2. The summed E-state index contributed by atoms with van der Waals surface area (Å²) >= 11 is 0. The lowest BCUT2D eigenvalue weighted by Gasteiger charge is -2.09. The molecule has 1 aliphatic carbocycles. The molecular weight excluding hydrogens is 160 g/mol. The topological polar surface area (TPSA) is 49.8 Å². The van der Waals surface area contributed by atoms with Crippen molar-refractivity contribution in [3.63, 3.8) is 0 Å². The third-order valence-electron chi connectivity index (χ3n) is 2.82. The summed E-state index contributed by atoms with van der Waals surface area (Å²) in [5.74, 6) is 0. The highest BCUT2D eigenvalue weighted by molar-refractivity contribution is 5.49. The van der Waals surface area contributed by atoms with Crippen molar-refractivity contribution in [2.24, 2.45) is 5.73 Å². The third-order valence-corrected chi connectivity index (χ3v) is 2.82. The molecule has 66 valence electrons. The third kappa shape index (κ3) is 1.13. The van der Waals surface area contributed by atoms with Crippen molar-refractivity contribution in [2.75, 3.05) is 0 Å². The molecule has 2 rings (SSSR count). The standard InChI is InChI=1S/C11H12N2/c1-7-9(6-12)3-2-8-4-5-10(13)11(7)8/h2-3,10H,4-5,13H2,1H3. The van der Waals surface area contributed by atoms with Crippen LogP contribution in [0.3, 0.4) is 0 Å². The number of fused-ring (bicyclic) bond motifs is 1. The molecule has 0 aliphatic heterocycles. The van der Waals surface area contributed by atoms with Gasteiger partial charge in [0.15, 0.2) is 0 Å². The van der Waals surface area contributed by atoms with Gasteiger partial charge in [0.05, 0.1) is 11.6 Å². The monoisotopic (exact) mass is 172 g/mol. The molecule has 1 unspecified atom stereocenters. The first-order valence-corrected chi connectivity index (χ1v) is 4.52. The van der Waals surface area contributed by atoms with Gasteiger partial charge in [0.25, 0.3) is 0 Å². The molecule has 0 bridgehead atoms. The van der Waals surface area contributed by atoms with E-state index in [4.69, 9.17) is 11.0 Å². The summed E-state index contributed by atoms with van der Waals surface area (Å²) in [7, 11) is 0. The zero-order valence-electron chi connectivity index (χ0n) is 7.67. The Morgan fingerprint density at radius 2 is 2.31 bits per heavy atom. The second-order valence-corrected chi connectivity index (χ2v) is 3.57. The van der Waals surface area contributed by atoms with Gasteiger partial charge in [-0.1, -0.05) is 6.07 Å². The molecule has 2 heteroatoms. The highest BCUT2D eigenvalue weighted by Crippen LogP contribution is 2.33. The molecule has 1 aromatic rings. The maximum Gasteiger partial charge on any atom is 0.0994 e. The van der Waals surface area contributed by atoms with Crippen LogP contribution in [0.4, 0.5) is 0 Å². The molecule has 0 saturated carbocycles. The second kappa shape index (κ2) is 2.86. The lowest BCUT2D eigenvalue weighted by atomic mass is 9.98. The van der Waals surface area contributed by atoms with Crippen LogP contribution in [0.2, 0.25) is 0 Å². The molecule has 0 amide bonds. The Hall–Kier alpha value is -1.33. The van der Waals surface area contributed by atoms with E-state index in [0.29, 0.717) is 0 Å². The van der Waals surface area contributed by atoms with Crippen LogP contribution in [0.1, 0.15) is 34.7 Å². The first-order chi connectivity index (χ1) is 6.24. The summed E-state index contributed by atoms with van der Waals surface area (Å²) in [6.07, 6.45) is 2.08. The van der Waals surface area contributed by atoms with Gasteiger partial charge in [-0.25, -0.2) is 0 Å². The quantitative estimate of drug-likeness (QED) is 0.648. The molecule has 0 saturated heterocycles. The summed E-state index contributed by atoms with van der Waals surface area (Å²) in [5.41, 5.74) is 10.3. The highest BCUT2D eigenvalue weighted by atomic mass is 14.6. The number of benzene rings is 1. The molecule has 2 N–H and O–H groups in total. The number of nitrogens with zero attached hydrogens (tertiary/aromatic N) is 1. The fourth-order valence-corrected chi connectivity index (χ4v) is 2.10. The van der Waals surface area contributed by atoms with Gasteiger partial charge in [-0.05, 0) is 42.5 Å². The van der Waals surface area contributed by atoms with Gasteiger partial charge in [0, 0.05) is 6.04 Å². The molecule has 0 aromatic heterocycles. The summed E-state index contributed by atoms with van der Waals surface area (Å²) in [6, 6.07) is 6.26. The van der Waals surface area contributed by atoms with Crippen LogP contribution in [0.25, 0.3) is 0 Å². The van der Waals surface area contributed by atoms with E-state index in [2.05, 4.69) is 6.07 Å². The molecule has 0 spiro atoms. The Morgan fingerprint density at radius 3 is 3.00 bits per heavy atom. The predicted octanol–water partition coefficient (Wildman–Crippen LogP) is 1.81. The maximum absolute atomic E-state index is 8.85. The van der Waals surface area contributed by atoms with Crippen LogP contribution in [-0.2, 0) is 6.42 Å². The molecule has 1 aromatic carbocycles. The summed E-state index contributed by atoms with van der Waals surface area (Å²) in [4.78, 5) is 0. The van der Waals surface area contributed by atoms with Crippen molar-refractivity contribution in [2.45, 2.75) is 25.8 Å². The molecule has 1 atom stereocenters. The number of rotatable bonds is 0. The normalized spacial score (nSPS) is 19.6. The van der Waals surface area contributed by atoms with Gasteiger partial charge >= 0.3 is 0 Å². The number of aryl methyl sites for hydroxylation is 1. The number of nitrogens with two attached hydrogens (primary N) is 1. The minimum atomic E-state index is 0.142. The van der Waals surface area contributed by atoms with Crippen molar-refractivity contribution in [1.29, 1.82) is 5.26 Å². The predicted molar refractivity (Wildman–Crippen MR) is 51.1 cm³/mol. The van der Waals surface area contributed by atoms with Gasteiger partial charge in [0.1, 0.15) is 0 Å². The number of hydrogen-bond donors (Lipinski definition) is 1. The average Bonchev–Trinajstić information content (AvgIpc) is 2.49. The Kier molecular flexibility index (Phi) is 1.82. The van der Waals surface area contributed by atoms with Gasteiger partial charge < -0.3 is 5.73 Å². The minimum absolute atomic E-state index is 0.142. The lowest BCUT2D eigenvalue weighted by molar-refractivity contribution is 0.710. The number of nitriles is 1. The molecule has 0 radical (unpaired) electrons. The zero-order chi connectivity index (χ0) is 9.42. The van der Waals surface area contributed by atoms with E-state index in [1.807, 2.05) is 19.1 Å². The van der Waals surface area contributed by atoms with E-state index >= 15 is 0 Å². The van der Waals surface area contributed by atoms with Crippen LogP contribution in [0.5, 0.6) is 0 Å². The van der Waals surface area contributed by atoms with Gasteiger partial charge in [0.2, 0.25) is 0 Å². The van der Waals surface area contributed by atoms with Crippen molar-refractivity contribution >= 4 is 0 Å². The number of hydrogen-bond acceptors (Lipinski definition) is 2. The first-order valence-electron chi connectivity index (χ1n) is 4.52. The molecule has 0 fully saturated rings. The Bertz CT molecular complexity index is 388. The van der Waals surface area contributed by atoms with Crippen LogP contribution < -0.4 is 5.73 Å². The van der Waals surface area contributed by atoms with E-state index in [9.17, 15) is 0 Å². The van der Waals surface area contributed by atoms with E-state index in [1.54, 1.807) is 0 Å². The summed E-state index contributed by atoms with van der Waals surface area (Å²) in [5, 5.41) is 8.85. The van der Waals surface area contributed by atoms with E-state index in [1.165, 1.54) is 11.1 Å². The SMILES string of the molecule is Cc1c(C#N)ccc2c1C(N)CC2. The van der Waals surface area contributed by atoms with Crippen LogP contribution in [0.15, 0.2) is 12.1 Å². The molecule has 2 nitrogen and oxygen atoms in total. The molecule has 0 heterocycles. The Labute approximate surface area is 78.0 Å².